The Morgan fingerprint density at radius 1 is 1.00 bits per heavy atom. The number of thiocarbonyl (C=S) groups is 1. The van der Waals surface area contributed by atoms with Crippen molar-refractivity contribution in [3.05, 3.63) is 64.2 Å². The van der Waals surface area contributed by atoms with Gasteiger partial charge in [0.1, 0.15) is 17.3 Å². The van der Waals surface area contributed by atoms with E-state index in [-0.39, 0.29) is 0 Å². The molecule has 0 amide bonds. The largest absolute Gasteiger partial charge is 0.489 e. The maximum Gasteiger partial charge on any atom is 0.123 e. The third-order valence-electron chi connectivity index (χ3n) is 3.44. The van der Waals surface area contributed by atoms with E-state index in [2.05, 4.69) is 32.0 Å². The minimum Gasteiger partial charge on any atom is -0.489 e. The van der Waals surface area contributed by atoms with Gasteiger partial charge in [-0.1, -0.05) is 42.5 Å². The van der Waals surface area contributed by atoms with Gasteiger partial charge in [-0.3, -0.25) is 0 Å². The highest BCUT2D eigenvalue weighted by molar-refractivity contribution is 7.80. The summed E-state index contributed by atoms with van der Waals surface area (Å²) in [6, 6.07) is 12.2. The van der Waals surface area contributed by atoms with Gasteiger partial charge < -0.3 is 10.5 Å². The summed E-state index contributed by atoms with van der Waals surface area (Å²) in [6.45, 7) is 6.77. The molecule has 0 saturated carbocycles. The molecule has 2 N–H and O–H groups in total. The third kappa shape index (κ3) is 3.36. The summed E-state index contributed by atoms with van der Waals surface area (Å²) in [5.41, 5.74) is 11.3. The number of rotatable bonds is 4. The van der Waals surface area contributed by atoms with Gasteiger partial charge in [0, 0.05) is 5.56 Å². The average molecular weight is 285 g/mol. The molecule has 0 atom stereocenters. The molecular weight excluding hydrogens is 266 g/mol. The normalized spacial score (nSPS) is 10.3. The summed E-state index contributed by atoms with van der Waals surface area (Å²) in [4.78, 5) is 0.390. The van der Waals surface area contributed by atoms with Crippen LogP contribution < -0.4 is 10.5 Å². The van der Waals surface area contributed by atoms with Gasteiger partial charge in [0.15, 0.2) is 0 Å². The molecule has 0 fully saturated rings. The van der Waals surface area contributed by atoms with Crippen LogP contribution in [-0.4, -0.2) is 4.99 Å². The minimum atomic E-state index is 0.390. The molecule has 0 aliphatic rings. The van der Waals surface area contributed by atoms with Crippen molar-refractivity contribution in [2.24, 2.45) is 5.73 Å². The van der Waals surface area contributed by atoms with Gasteiger partial charge in [-0.2, -0.15) is 0 Å². The Labute approximate surface area is 125 Å². The fourth-order valence-electron chi connectivity index (χ4n) is 1.96. The summed E-state index contributed by atoms with van der Waals surface area (Å²) in [6.07, 6.45) is 0. The highest BCUT2D eigenvalue weighted by Crippen LogP contribution is 2.21. The minimum absolute atomic E-state index is 0.390. The summed E-state index contributed by atoms with van der Waals surface area (Å²) >= 11 is 5.00. The molecule has 0 aliphatic heterocycles. The SMILES string of the molecule is Cc1ccc(COc2cc(C(N)=S)ccc2C)cc1C. The van der Waals surface area contributed by atoms with Crippen molar-refractivity contribution < 1.29 is 4.74 Å². The van der Waals surface area contributed by atoms with Gasteiger partial charge in [0.05, 0.1) is 0 Å². The molecule has 2 nitrogen and oxygen atoms in total. The molecule has 0 aliphatic carbocycles. The summed E-state index contributed by atoms with van der Waals surface area (Å²) in [7, 11) is 0. The molecule has 2 rings (SSSR count). The van der Waals surface area contributed by atoms with Crippen molar-refractivity contribution in [2.75, 3.05) is 0 Å². The van der Waals surface area contributed by atoms with Crippen LogP contribution in [0.25, 0.3) is 0 Å². The lowest BCUT2D eigenvalue weighted by Gasteiger charge is -2.11. The predicted molar refractivity (Wildman–Crippen MR) is 87.3 cm³/mol. The van der Waals surface area contributed by atoms with E-state index in [4.69, 9.17) is 22.7 Å². The Hall–Kier alpha value is -1.87. The number of benzene rings is 2. The van der Waals surface area contributed by atoms with Crippen molar-refractivity contribution >= 4 is 17.2 Å². The van der Waals surface area contributed by atoms with Gasteiger partial charge in [0.2, 0.25) is 0 Å². The Bertz CT molecular complexity index is 649. The molecule has 3 heteroatoms. The lowest BCUT2D eigenvalue weighted by molar-refractivity contribution is 0.304. The first-order valence-electron chi connectivity index (χ1n) is 6.57. The third-order valence-corrected chi connectivity index (χ3v) is 3.67. The number of ether oxygens (including phenoxy) is 1. The second-order valence-electron chi connectivity index (χ2n) is 5.05. The zero-order valence-corrected chi connectivity index (χ0v) is 12.9. The second kappa shape index (κ2) is 6.06. The van der Waals surface area contributed by atoms with Gasteiger partial charge >= 0.3 is 0 Å². The number of nitrogens with two attached hydrogens (primary N) is 1. The van der Waals surface area contributed by atoms with Gasteiger partial charge in [-0.25, -0.2) is 0 Å². The second-order valence-corrected chi connectivity index (χ2v) is 5.49. The molecule has 0 radical (unpaired) electrons. The molecule has 0 heterocycles. The van der Waals surface area contributed by atoms with E-state index in [1.807, 2.05) is 25.1 Å². The lowest BCUT2D eigenvalue weighted by atomic mass is 10.1. The first-order chi connectivity index (χ1) is 9.47. The fourth-order valence-corrected chi connectivity index (χ4v) is 2.09. The average Bonchev–Trinajstić information content (AvgIpc) is 2.41. The van der Waals surface area contributed by atoms with Crippen LogP contribution in [0.5, 0.6) is 5.75 Å². The van der Waals surface area contributed by atoms with Crippen LogP contribution in [0.1, 0.15) is 27.8 Å². The lowest BCUT2D eigenvalue weighted by Crippen LogP contribution is -2.09. The summed E-state index contributed by atoms with van der Waals surface area (Å²) in [5, 5.41) is 0. The van der Waals surface area contributed by atoms with E-state index in [1.54, 1.807) is 0 Å². The number of hydrogen-bond donors (Lipinski definition) is 1. The van der Waals surface area contributed by atoms with E-state index in [0.717, 1.165) is 22.4 Å². The van der Waals surface area contributed by atoms with E-state index in [9.17, 15) is 0 Å². The van der Waals surface area contributed by atoms with E-state index in [0.29, 0.717) is 11.6 Å². The standard InChI is InChI=1S/C17H19NOS/c1-11-4-6-14(8-13(11)3)10-19-16-9-15(17(18)20)7-5-12(16)2/h4-9H,10H2,1-3H3,(H2,18,20). The van der Waals surface area contributed by atoms with Crippen molar-refractivity contribution in [3.63, 3.8) is 0 Å². The van der Waals surface area contributed by atoms with Crippen LogP contribution in [0.15, 0.2) is 36.4 Å². The molecule has 20 heavy (non-hydrogen) atoms. The molecule has 0 saturated heterocycles. The Balaban J connectivity index is 2.15. The smallest absolute Gasteiger partial charge is 0.123 e. The van der Waals surface area contributed by atoms with Crippen LogP contribution in [-0.2, 0) is 6.61 Å². The first-order valence-corrected chi connectivity index (χ1v) is 6.97. The van der Waals surface area contributed by atoms with Crippen molar-refractivity contribution in [3.8, 4) is 5.75 Å². The van der Waals surface area contributed by atoms with E-state index < -0.39 is 0 Å². The summed E-state index contributed by atoms with van der Waals surface area (Å²) < 4.78 is 5.89. The highest BCUT2D eigenvalue weighted by atomic mass is 32.1. The quantitative estimate of drug-likeness (QED) is 0.867. The summed E-state index contributed by atoms with van der Waals surface area (Å²) in [5.74, 6) is 0.827. The molecule has 2 aromatic rings. The van der Waals surface area contributed by atoms with Crippen LogP contribution in [0.3, 0.4) is 0 Å². The molecule has 0 aromatic heterocycles. The molecule has 2 aromatic carbocycles. The van der Waals surface area contributed by atoms with E-state index in [1.165, 1.54) is 11.1 Å². The monoisotopic (exact) mass is 285 g/mol. The van der Waals surface area contributed by atoms with Gasteiger partial charge in [0.25, 0.3) is 0 Å². The Kier molecular flexibility index (Phi) is 4.40. The van der Waals surface area contributed by atoms with Crippen LogP contribution in [0.2, 0.25) is 0 Å². The number of aryl methyl sites for hydroxylation is 3. The Morgan fingerprint density at radius 3 is 2.35 bits per heavy atom. The Morgan fingerprint density at radius 2 is 1.70 bits per heavy atom. The topological polar surface area (TPSA) is 35.2 Å². The highest BCUT2D eigenvalue weighted by Gasteiger charge is 2.04. The van der Waals surface area contributed by atoms with Crippen LogP contribution in [0.4, 0.5) is 0 Å². The first kappa shape index (κ1) is 14.5. The predicted octanol–water partition coefficient (Wildman–Crippen LogP) is 3.83. The molecule has 104 valence electrons. The van der Waals surface area contributed by atoms with Crippen molar-refractivity contribution in [1.82, 2.24) is 0 Å². The van der Waals surface area contributed by atoms with Crippen LogP contribution in [0, 0.1) is 20.8 Å². The van der Waals surface area contributed by atoms with Gasteiger partial charge in [-0.15, -0.1) is 0 Å². The molecule has 0 unspecified atom stereocenters. The molecule has 0 spiro atoms. The molecule has 0 bridgehead atoms. The van der Waals surface area contributed by atoms with Crippen molar-refractivity contribution in [2.45, 2.75) is 27.4 Å². The molecular formula is C17H19NOS. The maximum absolute atomic E-state index is 5.89. The van der Waals surface area contributed by atoms with Gasteiger partial charge in [-0.05, 0) is 49.1 Å². The van der Waals surface area contributed by atoms with Crippen molar-refractivity contribution in [1.29, 1.82) is 0 Å². The maximum atomic E-state index is 5.89. The zero-order chi connectivity index (χ0) is 14.7. The van der Waals surface area contributed by atoms with Crippen LogP contribution >= 0.6 is 12.2 Å². The number of hydrogen-bond acceptors (Lipinski definition) is 2. The zero-order valence-electron chi connectivity index (χ0n) is 12.1. The fraction of sp³-hybridized carbons (Fsp3) is 0.235. The van der Waals surface area contributed by atoms with E-state index >= 15 is 0 Å².